The highest BCUT2D eigenvalue weighted by Gasteiger charge is 2.54. The maximum Gasteiger partial charge on any atom is 0.222 e. The summed E-state index contributed by atoms with van der Waals surface area (Å²) in [6.07, 6.45) is 1.65. The van der Waals surface area contributed by atoms with Gasteiger partial charge in [0.15, 0.2) is 11.2 Å². The number of hydrogen-bond acceptors (Lipinski definition) is 14. The quantitative estimate of drug-likeness (QED) is 0.0725. The molecule has 1 aromatic heterocycles. The molecule has 1 aliphatic carbocycles. The van der Waals surface area contributed by atoms with Gasteiger partial charge < -0.3 is 50.2 Å². The van der Waals surface area contributed by atoms with Gasteiger partial charge in [-0.15, -0.1) is 0 Å². The van der Waals surface area contributed by atoms with Crippen LogP contribution < -0.4 is 20.4 Å². The van der Waals surface area contributed by atoms with Gasteiger partial charge in [-0.2, -0.15) is 0 Å². The number of benzene rings is 3. The zero-order chi connectivity index (χ0) is 42.8. The first kappa shape index (κ1) is 41.2. The minimum atomic E-state index is -2.39. The Hall–Kier alpha value is -5.17. The topological polar surface area (TPSA) is 245 Å². The molecule has 2 fully saturated rings. The van der Waals surface area contributed by atoms with E-state index in [1.165, 1.54) is 36.4 Å². The van der Waals surface area contributed by atoms with Gasteiger partial charge in [-0.3, -0.25) is 19.5 Å². The minimum absolute atomic E-state index is 0.00836. The number of ether oxygens (including phenoxy) is 1. The number of quaternary nitrogens is 1. The molecule has 5 heterocycles. The number of rotatable bonds is 12. The monoisotopic (exact) mass is 840 g/mol. The third-order valence-corrected chi connectivity index (χ3v) is 13.3. The standard InChI is InChI=1S/C45H49N3O13/c1-23-11-35(52)32-12-27-13-37(61-58-22-44(57,43(56)40(55)36(53)21-49)16-25-4-7-34(51)30-6-5-29(50)15-31(25)30)45(9-2-3-24(17-45)28-14-38(54)47-18-28)60-41(27)39(42(32)59-23)48-19-26-8-10-46-33(26)20-48/h4-8,10-12,15,20,24,28,36-37,40,43,49-51,53,55-57H,2-3,9,13-14,16-19,21-22H2,1H3,(H,47,54)/p+1. The number of aliphatic hydroxyl groups is 5. The molecule has 5 aliphatic rings. The maximum absolute atomic E-state index is 13.6. The molecule has 9 unspecified atom stereocenters. The van der Waals surface area contributed by atoms with Crippen LogP contribution in [0.4, 0.5) is 5.69 Å². The fourth-order valence-electron chi connectivity index (χ4n) is 10.0. The van der Waals surface area contributed by atoms with Crippen LogP contribution in [0, 0.1) is 18.8 Å². The summed E-state index contributed by atoms with van der Waals surface area (Å²) >= 11 is 0. The number of phenols is 2. The number of carbonyl (C=O) groups excluding carboxylic acids is 1. The van der Waals surface area contributed by atoms with Crippen LogP contribution in [0.2, 0.25) is 0 Å². The second kappa shape index (κ2) is 15.9. The van der Waals surface area contributed by atoms with E-state index in [2.05, 4.69) is 10.3 Å². The van der Waals surface area contributed by atoms with E-state index < -0.39 is 55.3 Å². The predicted octanol–water partition coefficient (Wildman–Crippen LogP) is 1.41. The lowest BCUT2D eigenvalue weighted by atomic mass is 9.68. The van der Waals surface area contributed by atoms with Gasteiger partial charge in [0.2, 0.25) is 17.2 Å². The summed E-state index contributed by atoms with van der Waals surface area (Å²) in [7, 11) is 0. The van der Waals surface area contributed by atoms with Gasteiger partial charge in [-0.25, -0.2) is 9.78 Å². The molecule has 16 nitrogen and oxygen atoms in total. The summed E-state index contributed by atoms with van der Waals surface area (Å²) in [5.74, 6) is 0.903. The summed E-state index contributed by atoms with van der Waals surface area (Å²) in [5.41, 5.74) is 0.276. The van der Waals surface area contributed by atoms with E-state index in [1.807, 2.05) is 12.3 Å². The van der Waals surface area contributed by atoms with Crippen molar-refractivity contribution in [2.24, 2.45) is 16.8 Å². The van der Waals surface area contributed by atoms with Crippen molar-refractivity contribution in [2.75, 3.05) is 26.3 Å². The second-order valence-electron chi connectivity index (χ2n) is 17.3. The molecule has 0 bridgehead atoms. The van der Waals surface area contributed by atoms with Crippen LogP contribution >= 0.6 is 0 Å². The van der Waals surface area contributed by atoms with Gasteiger partial charge in [0.1, 0.15) is 77.9 Å². The van der Waals surface area contributed by atoms with E-state index in [1.54, 1.807) is 19.2 Å². The average Bonchev–Trinajstić information content (AvgIpc) is 3.98. The van der Waals surface area contributed by atoms with E-state index in [-0.39, 0.29) is 41.1 Å². The second-order valence-corrected chi connectivity index (χ2v) is 17.3. The highest BCUT2D eigenvalue weighted by Crippen LogP contribution is 2.50. The Morgan fingerprint density at radius 3 is 2.66 bits per heavy atom. The van der Waals surface area contributed by atoms with Crippen molar-refractivity contribution >= 4 is 39.6 Å². The van der Waals surface area contributed by atoms with Crippen molar-refractivity contribution in [2.45, 2.75) is 87.5 Å². The number of amides is 1. The molecule has 1 spiro atoms. The third kappa shape index (κ3) is 7.50. The number of aromatic hydroxyl groups is 2. The van der Waals surface area contributed by atoms with Crippen LogP contribution in [0.5, 0.6) is 17.2 Å². The lowest BCUT2D eigenvalue weighted by Crippen LogP contribution is -3.01. The highest BCUT2D eigenvalue weighted by atomic mass is 17.2. The SMILES string of the molecule is Cc1cc(=O)c2cc3c(c([NH+]4C=C5N=CC=C5C4)c2o1)OC1(CCCC(C2CNC(=O)C2)C1)C(OOCC(O)(Cc1ccc(O)c2ccc(O)cc12)C(O)C(O)C(O)CO)C3. The van der Waals surface area contributed by atoms with E-state index >= 15 is 0 Å². The summed E-state index contributed by atoms with van der Waals surface area (Å²) in [4.78, 5) is 43.7. The number of fused-ring (bicyclic) bond motifs is 4. The van der Waals surface area contributed by atoms with Crippen molar-refractivity contribution in [1.29, 1.82) is 0 Å². The smallest absolute Gasteiger partial charge is 0.222 e. The van der Waals surface area contributed by atoms with E-state index in [0.717, 1.165) is 29.0 Å². The van der Waals surface area contributed by atoms with Crippen molar-refractivity contribution in [1.82, 2.24) is 5.32 Å². The molecular formula is C45H50N3O13+. The molecule has 1 saturated carbocycles. The average molecular weight is 841 g/mol. The Kier molecular flexibility index (Phi) is 10.8. The molecule has 9 atom stereocenters. The van der Waals surface area contributed by atoms with Crippen LogP contribution in [0.25, 0.3) is 21.7 Å². The van der Waals surface area contributed by atoms with E-state index in [9.17, 15) is 45.3 Å². The molecule has 16 heteroatoms. The molecule has 3 aromatic carbocycles. The molecule has 61 heavy (non-hydrogen) atoms. The van der Waals surface area contributed by atoms with Gasteiger partial charge in [0.25, 0.3) is 0 Å². The zero-order valence-corrected chi connectivity index (χ0v) is 33.5. The molecule has 1 amide bonds. The highest BCUT2D eigenvalue weighted by molar-refractivity contribution is 5.92. The van der Waals surface area contributed by atoms with Crippen LogP contribution in [0.1, 0.15) is 49.0 Å². The molecule has 9 N–H and O–H groups in total. The van der Waals surface area contributed by atoms with Gasteiger partial charge in [-0.05, 0) is 91.8 Å². The number of nitrogens with one attached hydrogen (secondary N) is 2. The lowest BCUT2D eigenvalue weighted by molar-refractivity contribution is -0.763. The molecule has 9 rings (SSSR count). The maximum atomic E-state index is 13.6. The summed E-state index contributed by atoms with van der Waals surface area (Å²) in [6.45, 7) is 1.13. The fourth-order valence-corrected chi connectivity index (χ4v) is 10.0. The van der Waals surface area contributed by atoms with E-state index in [0.29, 0.717) is 82.4 Å². The number of carbonyl (C=O) groups is 1. The first-order valence-electron chi connectivity index (χ1n) is 20.7. The number of aliphatic hydroxyl groups excluding tert-OH is 4. The fraction of sp³-hybridized carbons (Fsp3) is 0.444. The van der Waals surface area contributed by atoms with Crippen molar-refractivity contribution in [3.05, 3.63) is 93.1 Å². The lowest BCUT2D eigenvalue weighted by Gasteiger charge is -2.49. The molecule has 322 valence electrons. The summed E-state index contributed by atoms with van der Waals surface area (Å²) < 4.78 is 13.6. The number of hydrogen-bond donors (Lipinski definition) is 9. The minimum Gasteiger partial charge on any atom is -0.508 e. The van der Waals surface area contributed by atoms with Gasteiger partial charge in [0, 0.05) is 54.6 Å². The normalized spacial score (nSPS) is 27.0. The molecule has 4 aromatic rings. The summed E-state index contributed by atoms with van der Waals surface area (Å²) in [5, 5.41) is 79.5. The largest absolute Gasteiger partial charge is 0.508 e. The van der Waals surface area contributed by atoms with Crippen molar-refractivity contribution in [3.63, 3.8) is 0 Å². The van der Waals surface area contributed by atoms with Crippen molar-refractivity contribution in [3.8, 4) is 17.2 Å². The number of aliphatic imine (C=N–C) groups is 1. The van der Waals surface area contributed by atoms with Gasteiger partial charge in [-0.1, -0.05) is 6.07 Å². The van der Waals surface area contributed by atoms with Crippen LogP contribution in [0.3, 0.4) is 0 Å². The zero-order valence-electron chi connectivity index (χ0n) is 33.5. The van der Waals surface area contributed by atoms with Crippen LogP contribution in [0.15, 0.2) is 80.2 Å². The van der Waals surface area contributed by atoms with Crippen LogP contribution in [-0.4, -0.2) is 110 Å². The Bertz CT molecular complexity index is 2550. The third-order valence-electron chi connectivity index (χ3n) is 13.3. The number of phenolic OH excluding ortho intramolecular Hbond substituents is 2. The van der Waals surface area contributed by atoms with Gasteiger partial charge >= 0.3 is 0 Å². The molecule has 1 saturated heterocycles. The van der Waals surface area contributed by atoms with Gasteiger partial charge in [0.05, 0.1) is 12.0 Å². The Morgan fingerprint density at radius 2 is 1.89 bits per heavy atom. The first-order valence-corrected chi connectivity index (χ1v) is 20.7. The Morgan fingerprint density at radius 1 is 1.05 bits per heavy atom. The molecular weight excluding hydrogens is 791 g/mol. The molecule has 0 radical (unpaired) electrons. The summed E-state index contributed by atoms with van der Waals surface area (Å²) in [6, 6.07) is 10.3. The number of allylic oxidation sites excluding steroid dienone is 1. The molecule has 4 aliphatic heterocycles. The first-order chi connectivity index (χ1) is 29.3. The van der Waals surface area contributed by atoms with Crippen LogP contribution in [-0.2, 0) is 27.4 Å². The van der Waals surface area contributed by atoms with Crippen molar-refractivity contribution < 1.29 is 64.4 Å². The van der Waals surface area contributed by atoms with E-state index in [4.69, 9.17) is 18.9 Å². The number of nitrogens with zero attached hydrogens (tertiary/aromatic N) is 1. The number of aryl methyl sites for hydroxylation is 1. The Labute approximate surface area is 349 Å². The Balaban J connectivity index is 1.09. The predicted molar refractivity (Wildman–Crippen MR) is 219 cm³/mol.